The van der Waals surface area contributed by atoms with Crippen LogP contribution in [0.1, 0.15) is 30.2 Å². The van der Waals surface area contributed by atoms with Crippen LogP contribution in [0.25, 0.3) is 22.4 Å². The summed E-state index contributed by atoms with van der Waals surface area (Å²) in [7, 11) is 1.79. The number of nitrogens with one attached hydrogen (secondary N) is 1. The van der Waals surface area contributed by atoms with E-state index in [9.17, 15) is 13.2 Å². The zero-order chi connectivity index (χ0) is 23.8. The van der Waals surface area contributed by atoms with E-state index < -0.39 is 11.9 Å². The monoisotopic (exact) mass is 452 g/mol. The average molecular weight is 453 g/mol. The molecule has 31 heavy (non-hydrogen) atoms. The SMILES string of the molecule is C=O.C=O.CCCc1cc(NC=S)c(C)cc1-c1nc2cc(C(F)(F)F)ncc2n1C. The number of alkyl halides is 3. The third-order valence-corrected chi connectivity index (χ3v) is 4.60. The van der Waals surface area contributed by atoms with Crippen molar-refractivity contribution in [2.45, 2.75) is 32.9 Å². The number of halogens is 3. The first-order valence-electron chi connectivity index (χ1n) is 9.07. The van der Waals surface area contributed by atoms with Crippen LogP contribution in [0.15, 0.2) is 24.4 Å². The maximum absolute atomic E-state index is 13.0. The molecule has 0 aliphatic carbocycles. The van der Waals surface area contributed by atoms with Crippen LogP contribution < -0.4 is 5.32 Å². The summed E-state index contributed by atoms with van der Waals surface area (Å²) in [6.07, 6.45) is -1.53. The fourth-order valence-electron chi connectivity index (χ4n) is 3.14. The van der Waals surface area contributed by atoms with Gasteiger partial charge < -0.3 is 19.5 Å². The van der Waals surface area contributed by atoms with E-state index in [4.69, 9.17) is 21.8 Å². The van der Waals surface area contributed by atoms with Crippen LogP contribution in [0.5, 0.6) is 0 Å². The normalized spacial score (nSPS) is 10.5. The first-order chi connectivity index (χ1) is 14.8. The van der Waals surface area contributed by atoms with Crippen LogP contribution in [0.3, 0.4) is 0 Å². The number of imidazole rings is 1. The molecule has 0 amide bonds. The third-order valence-electron chi connectivity index (χ3n) is 4.48. The van der Waals surface area contributed by atoms with Gasteiger partial charge in [0, 0.05) is 18.3 Å². The van der Waals surface area contributed by atoms with E-state index in [-0.39, 0.29) is 5.52 Å². The Morgan fingerprint density at radius 3 is 2.39 bits per heavy atom. The second kappa shape index (κ2) is 11.3. The Balaban J connectivity index is 0.00000113. The van der Waals surface area contributed by atoms with Gasteiger partial charge in [-0.25, -0.2) is 9.97 Å². The molecule has 2 heterocycles. The summed E-state index contributed by atoms with van der Waals surface area (Å²) in [4.78, 5) is 24.0. The van der Waals surface area contributed by atoms with Gasteiger partial charge in [-0.3, -0.25) is 0 Å². The molecule has 3 rings (SSSR count). The Kier molecular flexibility index (Phi) is 9.44. The zero-order valence-electron chi connectivity index (χ0n) is 17.4. The lowest BCUT2D eigenvalue weighted by molar-refractivity contribution is -0.141. The summed E-state index contributed by atoms with van der Waals surface area (Å²) >= 11 is 4.88. The predicted octanol–water partition coefficient (Wildman–Crippen LogP) is 4.91. The van der Waals surface area contributed by atoms with Crippen molar-refractivity contribution in [1.29, 1.82) is 0 Å². The Morgan fingerprint density at radius 1 is 1.19 bits per heavy atom. The molecule has 0 fully saturated rings. The van der Waals surface area contributed by atoms with Gasteiger partial charge in [0.1, 0.15) is 25.1 Å². The molecule has 3 aromatic rings. The van der Waals surface area contributed by atoms with Crippen molar-refractivity contribution in [2.75, 3.05) is 5.32 Å². The van der Waals surface area contributed by atoms with Gasteiger partial charge in [-0.05, 0) is 42.7 Å². The van der Waals surface area contributed by atoms with Crippen LogP contribution in [-0.2, 0) is 29.2 Å². The number of anilines is 1. The standard InChI is InChI=1S/C19H19F3N4S.2CH2O/c1-4-5-12-7-14(24-10-27)11(2)6-13(12)18-25-15-8-17(19(20,21)22)23-9-16(15)26(18)3;2*1-2/h6-10H,4-5H2,1-3H3,(H,24,27);2*1H2. The minimum atomic E-state index is -4.50. The van der Waals surface area contributed by atoms with E-state index in [2.05, 4.69) is 22.2 Å². The van der Waals surface area contributed by atoms with E-state index in [1.807, 2.05) is 32.6 Å². The van der Waals surface area contributed by atoms with Crippen molar-refractivity contribution in [3.05, 3.63) is 41.2 Å². The third kappa shape index (κ3) is 5.72. The Labute approximate surface area is 183 Å². The number of thiocarbonyl (C=S) groups is 1. The van der Waals surface area contributed by atoms with Crippen LogP contribution in [0.4, 0.5) is 18.9 Å². The highest BCUT2D eigenvalue weighted by Crippen LogP contribution is 2.33. The molecule has 2 aromatic heterocycles. The summed E-state index contributed by atoms with van der Waals surface area (Å²) < 4.78 is 40.7. The van der Waals surface area contributed by atoms with Gasteiger partial charge in [0.2, 0.25) is 0 Å². The number of fused-ring (bicyclic) bond motifs is 1. The van der Waals surface area contributed by atoms with Gasteiger partial charge in [-0.15, -0.1) is 0 Å². The van der Waals surface area contributed by atoms with Crippen molar-refractivity contribution in [3.63, 3.8) is 0 Å². The predicted molar refractivity (Wildman–Crippen MR) is 119 cm³/mol. The van der Waals surface area contributed by atoms with Crippen LogP contribution in [0.2, 0.25) is 0 Å². The van der Waals surface area contributed by atoms with Crippen molar-refractivity contribution in [3.8, 4) is 11.4 Å². The molecule has 0 radical (unpaired) electrons. The van der Waals surface area contributed by atoms with Gasteiger partial charge in [-0.1, -0.05) is 25.6 Å². The van der Waals surface area contributed by atoms with Crippen LogP contribution >= 0.6 is 12.2 Å². The summed E-state index contributed by atoms with van der Waals surface area (Å²) in [6, 6.07) is 5.01. The molecule has 0 spiro atoms. The number of aromatic nitrogens is 3. The molecule has 0 saturated heterocycles. The quantitative estimate of drug-likeness (QED) is 0.554. The molecule has 0 saturated carbocycles. The number of pyridine rings is 1. The maximum atomic E-state index is 13.0. The molecule has 1 N–H and O–H groups in total. The van der Waals surface area contributed by atoms with Crippen molar-refractivity contribution in [1.82, 2.24) is 14.5 Å². The summed E-state index contributed by atoms with van der Waals surface area (Å²) in [5.74, 6) is 0.617. The molecule has 0 bridgehead atoms. The summed E-state index contributed by atoms with van der Waals surface area (Å²) in [5.41, 5.74) is 5.20. The van der Waals surface area contributed by atoms with E-state index >= 15 is 0 Å². The van der Waals surface area contributed by atoms with E-state index in [0.29, 0.717) is 11.3 Å². The summed E-state index contributed by atoms with van der Waals surface area (Å²) in [5, 5.41) is 3.05. The van der Waals surface area contributed by atoms with Gasteiger partial charge >= 0.3 is 6.18 Å². The maximum Gasteiger partial charge on any atom is 0.433 e. The molecule has 6 nitrogen and oxygen atoms in total. The lowest BCUT2D eigenvalue weighted by Gasteiger charge is -2.14. The Hall–Kier alpha value is -3.14. The van der Waals surface area contributed by atoms with Gasteiger partial charge in [0.15, 0.2) is 0 Å². The summed E-state index contributed by atoms with van der Waals surface area (Å²) in [6.45, 7) is 8.02. The van der Waals surface area contributed by atoms with Crippen molar-refractivity contribution < 1.29 is 22.8 Å². The number of aryl methyl sites for hydroxylation is 3. The first-order valence-corrected chi connectivity index (χ1v) is 9.54. The number of carbonyl (C=O) groups is 2. The number of benzene rings is 1. The number of hydrogen-bond acceptors (Lipinski definition) is 5. The fourth-order valence-corrected chi connectivity index (χ4v) is 3.27. The Bertz CT molecular complexity index is 1050. The highest BCUT2D eigenvalue weighted by molar-refractivity contribution is 7.79. The van der Waals surface area contributed by atoms with Crippen LogP contribution in [-0.4, -0.2) is 33.6 Å². The minimum Gasteiger partial charge on any atom is -0.352 e. The van der Waals surface area contributed by atoms with E-state index in [1.54, 1.807) is 11.6 Å². The molecule has 0 aliphatic heterocycles. The molecule has 166 valence electrons. The average Bonchev–Trinajstić information content (AvgIpc) is 3.09. The molecule has 0 unspecified atom stereocenters. The number of rotatable bonds is 5. The molecular formula is C21H23F3N4O2S. The lowest BCUT2D eigenvalue weighted by atomic mass is 9.98. The lowest BCUT2D eigenvalue weighted by Crippen LogP contribution is -2.07. The van der Waals surface area contributed by atoms with Gasteiger partial charge in [0.25, 0.3) is 0 Å². The van der Waals surface area contributed by atoms with Crippen molar-refractivity contribution in [2.24, 2.45) is 7.05 Å². The Morgan fingerprint density at radius 2 is 1.84 bits per heavy atom. The van der Waals surface area contributed by atoms with Crippen molar-refractivity contribution >= 4 is 48.0 Å². The minimum absolute atomic E-state index is 0.274. The number of carbonyl (C=O) groups excluding carboxylic acids is 2. The molecule has 0 atom stereocenters. The highest BCUT2D eigenvalue weighted by atomic mass is 32.1. The molecular weight excluding hydrogens is 429 g/mol. The smallest absolute Gasteiger partial charge is 0.352 e. The first kappa shape index (κ1) is 25.9. The molecule has 0 aliphatic rings. The van der Waals surface area contributed by atoms with Gasteiger partial charge in [-0.2, -0.15) is 13.2 Å². The second-order valence-corrected chi connectivity index (χ2v) is 6.62. The van der Waals surface area contributed by atoms with E-state index in [0.717, 1.165) is 41.3 Å². The largest absolute Gasteiger partial charge is 0.433 e. The highest BCUT2D eigenvalue weighted by Gasteiger charge is 2.33. The van der Waals surface area contributed by atoms with E-state index in [1.165, 1.54) is 11.7 Å². The number of hydrogen-bond donors (Lipinski definition) is 1. The molecule has 10 heteroatoms. The van der Waals surface area contributed by atoms with Crippen LogP contribution in [0, 0.1) is 6.92 Å². The second-order valence-electron chi connectivity index (χ2n) is 6.39. The fraction of sp³-hybridized carbons (Fsp3) is 0.286. The van der Waals surface area contributed by atoms with Gasteiger partial charge in [0.05, 0.1) is 22.7 Å². The topological polar surface area (TPSA) is 76.9 Å². The number of nitrogens with zero attached hydrogens (tertiary/aromatic N) is 3. The zero-order valence-corrected chi connectivity index (χ0v) is 18.2. The molecule has 1 aromatic carbocycles.